The highest BCUT2D eigenvalue weighted by atomic mass is 35.5. The summed E-state index contributed by atoms with van der Waals surface area (Å²) in [5, 5.41) is 11.9. The van der Waals surface area contributed by atoms with Gasteiger partial charge in [-0.1, -0.05) is 29.4 Å². The molecule has 0 aliphatic carbocycles. The van der Waals surface area contributed by atoms with Crippen LogP contribution in [0.3, 0.4) is 0 Å². The molecule has 1 aromatic heterocycles. The molecule has 0 atom stereocenters. The predicted molar refractivity (Wildman–Crippen MR) is 103 cm³/mol. The molecular weight excluding hydrogens is 374 g/mol. The Labute approximate surface area is 162 Å². The second kappa shape index (κ2) is 9.59. The Morgan fingerprint density at radius 2 is 2.12 bits per heavy atom. The summed E-state index contributed by atoms with van der Waals surface area (Å²) in [6.45, 7) is 6.69. The number of hydrogen-bond donors (Lipinski definition) is 1. The Morgan fingerprint density at radius 3 is 2.77 bits per heavy atom. The zero-order valence-electron chi connectivity index (χ0n) is 15.0. The van der Waals surface area contributed by atoms with Crippen LogP contribution in [-0.2, 0) is 9.59 Å². The van der Waals surface area contributed by atoms with E-state index in [-0.39, 0.29) is 24.1 Å². The van der Waals surface area contributed by atoms with E-state index in [1.54, 1.807) is 10.9 Å². The number of nitrogens with zero attached hydrogens (tertiary/aromatic N) is 4. The molecular formula is C17H22ClN5O2S. The van der Waals surface area contributed by atoms with Gasteiger partial charge >= 0.3 is 0 Å². The van der Waals surface area contributed by atoms with Crippen molar-refractivity contribution in [3.63, 3.8) is 0 Å². The van der Waals surface area contributed by atoms with Crippen LogP contribution in [0, 0.1) is 6.92 Å². The highest BCUT2D eigenvalue weighted by molar-refractivity contribution is 7.99. The van der Waals surface area contributed by atoms with Gasteiger partial charge in [-0.2, -0.15) is 0 Å². The summed E-state index contributed by atoms with van der Waals surface area (Å²) < 4.78 is 1.78. The molecule has 1 N–H and O–H groups in total. The van der Waals surface area contributed by atoms with E-state index in [0.717, 1.165) is 11.3 Å². The molecule has 0 aliphatic rings. The fraction of sp³-hybridized carbons (Fsp3) is 0.412. The molecule has 2 amide bonds. The normalized spacial score (nSPS) is 10.6. The lowest BCUT2D eigenvalue weighted by atomic mass is 10.2. The fourth-order valence-electron chi connectivity index (χ4n) is 2.25. The highest BCUT2D eigenvalue weighted by Crippen LogP contribution is 2.23. The van der Waals surface area contributed by atoms with Crippen LogP contribution in [0.4, 0.5) is 0 Å². The smallest absolute Gasteiger partial charge is 0.239 e. The zero-order chi connectivity index (χ0) is 19.1. The minimum absolute atomic E-state index is 0.0595. The SMILES string of the molecule is CCNC(=O)CN(CC)C(=O)CSc1nncn1-c1ccc(C)c(Cl)c1. The number of likely N-dealkylation sites (N-methyl/N-ethyl adjacent to an activating group) is 2. The molecule has 0 spiro atoms. The van der Waals surface area contributed by atoms with Gasteiger partial charge in [0.2, 0.25) is 11.8 Å². The third-order valence-corrected chi connectivity index (χ3v) is 5.05. The van der Waals surface area contributed by atoms with Crippen molar-refractivity contribution in [2.75, 3.05) is 25.4 Å². The molecule has 0 saturated carbocycles. The van der Waals surface area contributed by atoms with Crippen molar-refractivity contribution in [1.82, 2.24) is 25.0 Å². The number of halogens is 1. The van der Waals surface area contributed by atoms with Crippen molar-refractivity contribution in [3.8, 4) is 5.69 Å². The first-order valence-electron chi connectivity index (χ1n) is 8.30. The van der Waals surface area contributed by atoms with Gasteiger partial charge in [-0.05, 0) is 38.5 Å². The average Bonchev–Trinajstić information content (AvgIpc) is 3.08. The molecule has 9 heteroatoms. The Kier molecular flexibility index (Phi) is 7.47. The lowest BCUT2D eigenvalue weighted by Crippen LogP contribution is -2.41. The van der Waals surface area contributed by atoms with E-state index in [1.807, 2.05) is 39.0 Å². The standard InChI is InChI=1S/C17H22ClN5O2S/c1-4-19-15(24)9-22(5-2)16(25)10-26-17-21-20-11-23(17)13-7-6-12(3)14(18)8-13/h6-8,11H,4-5,9-10H2,1-3H3,(H,19,24). The number of carbonyl (C=O) groups excluding carboxylic acids is 2. The maximum atomic E-state index is 12.4. The summed E-state index contributed by atoms with van der Waals surface area (Å²) in [5.74, 6) is -0.115. The van der Waals surface area contributed by atoms with Gasteiger partial charge in [-0.25, -0.2) is 0 Å². The van der Waals surface area contributed by atoms with Crippen molar-refractivity contribution in [3.05, 3.63) is 35.1 Å². The van der Waals surface area contributed by atoms with Crippen LogP contribution < -0.4 is 5.32 Å². The van der Waals surface area contributed by atoms with Crippen LogP contribution in [0.15, 0.2) is 29.7 Å². The van der Waals surface area contributed by atoms with E-state index in [0.29, 0.717) is 23.3 Å². The number of aryl methyl sites for hydroxylation is 1. The minimum atomic E-state index is -0.162. The van der Waals surface area contributed by atoms with E-state index in [1.165, 1.54) is 16.7 Å². The molecule has 7 nitrogen and oxygen atoms in total. The summed E-state index contributed by atoms with van der Waals surface area (Å²) >= 11 is 7.46. The van der Waals surface area contributed by atoms with Crippen molar-refractivity contribution in [1.29, 1.82) is 0 Å². The zero-order valence-corrected chi connectivity index (χ0v) is 16.6. The van der Waals surface area contributed by atoms with E-state index in [2.05, 4.69) is 15.5 Å². The molecule has 140 valence electrons. The molecule has 0 bridgehead atoms. The molecule has 26 heavy (non-hydrogen) atoms. The molecule has 1 aromatic carbocycles. The Bertz CT molecular complexity index is 780. The van der Waals surface area contributed by atoms with Crippen molar-refractivity contribution < 1.29 is 9.59 Å². The summed E-state index contributed by atoms with van der Waals surface area (Å²) in [6, 6.07) is 5.67. The summed E-state index contributed by atoms with van der Waals surface area (Å²) in [6.07, 6.45) is 1.58. The molecule has 0 radical (unpaired) electrons. The second-order valence-corrected chi connectivity index (χ2v) is 6.92. The number of carbonyl (C=O) groups is 2. The molecule has 2 aromatic rings. The average molecular weight is 396 g/mol. The minimum Gasteiger partial charge on any atom is -0.355 e. The van der Waals surface area contributed by atoms with E-state index in [9.17, 15) is 9.59 Å². The van der Waals surface area contributed by atoms with Crippen LogP contribution in [-0.4, -0.2) is 56.9 Å². The molecule has 2 rings (SSSR count). The topological polar surface area (TPSA) is 80.1 Å². The summed E-state index contributed by atoms with van der Waals surface area (Å²) in [7, 11) is 0. The van der Waals surface area contributed by atoms with Crippen LogP contribution >= 0.6 is 23.4 Å². The lowest BCUT2D eigenvalue weighted by molar-refractivity contribution is -0.133. The quantitative estimate of drug-likeness (QED) is 0.694. The molecule has 0 saturated heterocycles. The number of hydrogen-bond acceptors (Lipinski definition) is 5. The van der Waals surface area contributed by atoms with Crippen molar-refractivity contribution in [2.24, 2.45) is 0 Å². The summed E-state index contributed by atoms with van der Waals surface area (Å²) in [4.78, 5) is 25.6. The van der Waals surface area contributed by atoms with E-state index >= 15 is 0 Å². The number of aromatic nitrogens is 3. The van der Waals surface area contributed by atoms with Gasteiger partial charge in [0, 0.05) is 18.1 Å². The van der Waals surface area contributed by atoms with Crippen LogP contribution in [0.25, 0.3) is 5.69 Å². The third-order valence-electron chi connectivity index (χ3n) is 3.72. The maximum absolute atomic E-state index is 12.4. The van der Waals surface area contributed by atoms with Crippen molar-refractivity contribution >= 4 is 35.2 Å². The third kappa shape index (κ3) is 5.22. The Balaban J connectivity index is 2.03. The predicted octanol–water partition coefficient (Wildman–Crippen LogP) is 2.31. The van der Waals surface area contributed by atoms with Gasteiger partial charge in [0.15, 0.2) is 5.16 Å². The van der Waals surface area contributed by atoms with Crippen molar-refractivity contribution in [2.45, 2.75) is 25.9 Å². The highest BCUT2D eigenvalue weighted by Gasteiger charge is 2.17. The molecule has 0 aliphatic heterocycles. The van der Waals surface area contributed by atoms with Gasteiger partial charge in [-0.3, -0.25) is 14.2 Å². The first kappa shape index (κ1) is 20.3. The first-order valence-corrected chi connectivity index (χ1v) is 9.66. The molecule has 1 heterocycles. The largest absolute Gasteiger partial charge is 0.355 e. The van der Waals surface area contributed by atoms with Gasteiger partial charge in [0.25, 0.3) is 0 Å². The number of amides is 2. The van der Waals surface area contributed by atoms with Crippen LogP contribution in [0.1, 0.15) is 19.4 Å². The summed E-state index contributed by atoms with van der Waals surface area (Å²) in [5.41, 5.74) is 1.81. The van der Waals surface area contributed by atoms with E-state index < -0.39 is 0 Å². The van der Waals surface area contributed by atoms with Gasteiger partial charge in [0.05, 0.1) is 18.0 Å². The van der Waals surface area contributed by atoms with E-state index in [4.69, 9.17) is 11.6 Å². The second-order valence-electron chi connectivity index (χ2n) is 5.57. The number of nitrogens with one attached hydrogen (secondary N) is 1. The van der Waals surface area contributed by atoms with Gasteiger partial charge in [-0.15, -0.1) is 10.2 Å². The lowest BCUT2D eigenvalue weighted by Gasteiger charge is -2.19. The van der Waals surface area contributed by atoms with Gasteiger partial charge in [0.1, 0.15) is 6.33 Å². The monoisotopic (exact) mass is 395 g/mol. The molecule has 0 fully saturated rings. The van der Waals surface area contributed by atoms with Gasteiger partial charge < -0.3 is 10.2 Å². The number of benzene rings is 1. The Morgan fingerprint density at radius 1 is 1.35 bits per heavy atom. The maximum Gasteiger partial charge on any atom is 0.239 e. The number of rotatable bonds is 8. The first-order chi connectivity index (χ1) is 12.5. The van der Waals surface area contributed by atoms with Crippen LogP contribution in [0.5, 0.6) is 0 Å². The Hall–Kier alpha value is -2.06. The number of thioether (sulfide) groups is 1. The van der Waals surface area contributed by atoms with Crippen LogP contribution in [0.2, 0.25) is 5.02 Å². The fourth-order valence-corrected chi connectivity index (χ4v) is 3.26. The molecule has 0 unspecified atom stereocenters.